The summed E-state index contributed by atoms with van der Waals surface area (Å²) in [5.41, 5.74) is 5.97. The number of amidine groups is 1. The topological polar surface area (TPSA) is 71.5 Å². The van der Waals surface area contributed by atoms with Gasteiger partial charge in [0.05, 0.1) is 0 Å². The number of aromatic nitrogens is 1. The van der Waals surface area contributed by atoms with Gasteiger partial charge in [0.15, 0.2) is 5.84 Å². The molecule has 1 heterocycles. The summed E-state index contributed by atoms with van der Waals surface area (Å²) in [4.78, 5) is 3.99. The average Bonchev–Trinajstić information content (AvgIpc) is 2.01. The van der Waals surface area contributed by atoms with Crippen LogP contribution in [0, 0.1) is 0 Å². The minimum absolute atomic E-state index is 0.0544. The maximum Gasteiger partial charge on any atom is 0.170 e. The molecule has 0 bridgehead atoms. The van der Waals surface area contributed by atoms with Crippen molar-refractivity contribution in [1.29, 1.82) is 0 Å². The molecule has 0 aromatic carbocycles. The van der Waals surface area contributed by atoms with E-state index in [9.17, 15) is 0 Å². The molecule has 0 fully saturated rings. The van der Waals surface area contributed by atoms with Gasteiger partial charge in [0.2, 0.25) is 0 Å². The highest BCUT2D eigenvalue weighted by Crippen LogP contribution is 2.15. The predicted octanol–water partition coefficient (Wildman–Crippen LogP) is 1.70. The van der Waals surface area contributed by atoms with Crippen LogP contribution in [0.2, 0.25) is 0 Å². The molecule has 0 radical (unpaired) electrons. The number of oxime groups is 1. The standard InChI is InChI=1S/C6H5Br2N3O/c7-4-1-3(6(9)11-12)2-5(8)10-4/h1-2,12H,(H2,9,11). The molecule has 1 aromatic rings. The Bertz CT molecular complexity index is 306. The lowest BCUT2D eigenvalue weighted by Gasteiger charge is -1.99. The van der Waals surface area contributed by atoms with Gasteiger partial charge in [0.25, 0.3) is 0 Å². The summed E-state index contributed by atoms with van der Waals surface area (Å²) in [6.07, 6.45) is 0. The third-order valence-electron chi connectivity index (χ3n) is 1.17. The van der Waals surface area contributed by atoms with Gasteiger partial charge in [0, 0.05) is 5.56 Å². The Morgan fingerprint density at radius 1 is 1.42 bits per heavy atom. The van der Waals surface area contributed by atoms with E-state index in [4.69, 9.17) is 10.9 Å². The van der Waals surface area contributed by atoms with Gasteiger partial charge in [-0.1, -0.05) is 5.16 Å². The van der Waals surface area contributed by atoms with Crippen molar-refractivity contribution in [3.63, 3.8) is 0 Å². The second-order valence-electron chi connectivity index (χ2n) is 1.99. The second-order valence-corrected chi connectivity index (χ2v) is 3.61. The van der Waals surface area contributed by atoms with Crippen molar-refractivity contribution in [3.05, 3.63) is 26.9 Å². The molecule has 0 spiro atoms. The summed E-state index contributed by atoms with van der Waals surface area (Å²) in [5, 5.41) is 11.2. The third kappa shape index (κ3) is 2.18. The summed E-state index contributed by atoms with van der Waals surface area (Å²) in [7, 11) is 0. The minimum Gasteiger partial charge on any atom is -0.409 e. The van der Waals surface area contributed by atoms with Crippen LogP contribution in [0.15, 0.2) is 26.5 Å². The van der Waals surface area contributed by atoms with Crippen molar-refractivity contribution >= 4 is 37.7 Å². The molecule has 3 N–H and O–H groups in total. The van der Waals surface area contributed by atoms with E-state index in [1.165, 1.54) is 0 Å². The molecule has 0 atom stereocenters. The maximum atomic E-state index is 8.38. The van der Waals surface area contributed by atoms with Crippen LogP contribution in [0.4, 0.5) is 0 Å². The lowest BCUT2D eigenvalue weighted by Crippen LogP contribution is -2.13. The molecule has 1 aromatic heterocycles. The SMILES string of the molecule is N/C(=N\O)c1cc(Br)nc(Br)c1. The fraction of sp³-hybridized carbons (Fsp3) is 0. The summed E-state index contributed by atoms with van der Waals surface area (Å²) >= 11 is 6.35. The number of pyridine rings is 1. The number of hydrogen-bond donors (Lipinski definition) is 2. The van der Waals surface area contributed by atoms with Gasteiger partial charge in [-0.25, -0.2) is 4.98 Å². The Morgan fingerprint density at radius 3 is 2.33 bits per heavy atom. The molecule has 0 saturated carbocycles. The molecule has 0 aliphatic rings. The van der Waals surface area contributed by atoms with Crippen LogP contribution in [-0.2, 0) is 0 Å². The minimum atomic E-state index is 0.0544. The highest BCUT2D eigenvalue weighted by Gasteiger charge is 2.02. The summed E-state index contributed by atoms with van der Waals surface area (Å²) in [6, 6.07) is 3.31. The molecule has 6 heteroatoms. The molecule has 0 unspecified atom stereocenters. The molecule has 0 saturated heterocycles. The highest BCUT2D eigenvalue weighted by atomic mass is 79.9. The molecular weight excluding hydrogens is 290 g/mol. The first-order valence-electron chi connectivity index (χ1n) is 2.94. The van der Waals surface area contributed by atoms with Crippen molar-refractivity contribution in [1.82, 2.24) is 4.98 Å². The Morgan fingerprint density at radius 2 is 1.92 bits per heavy atom. The van der Waals surface area contributed by atoms with E-state index < -0.39 is 0 Å². The molecular formula is C6H5Br2N3O. The zero-order valence-corrected chi connectivity index (χ0v) is 9.00. The predicted molar refractivity (Wildman–Crippen MR) is 52.1 cm³/mol. The van der Waals surface area contributed by atoms with Gasteiger partial charge in [-0.2, -0.15) is 0 Å². The lowest BCUT2D eigenvalue weighted by atomic mass is 10.2. The monoisotopic (exact) mass is 293 g/mol. The van der Waals surface area contributed by atoms with Gasteiger partial charge in [0.1, 0.15) is 9.21 Å². The van der Waals surface area contributed by atoms with E-state index in [2.05, 4.69) is 42.0 Å². The normalized spacial score (nSPS) is 11.7. The van der Waals surface area contributed by atoms with Crippen molar-refractivity contribution in [2.75, 3.05) is 0 Å². The maximum absolute atomic E-state index is 8.38. The van der Waals surface area contributed by atoms with E-state index >= 15 is 0 Å². The van der Waals surface area contributed by atoms with Crippen LogP contribution in [0.3, 0.4) is 0 Å². The Kier molecular flexibility index (Phi) is 3.05. The highest BCUT2D eigenvalue weighted by molar-refractivity contribution is 9.11. The van der Waals surface area contributed by atoms with Crippen molar-refractivity contribution in [2.24, 2.45) is 10.9 Å². The van der Waals surface area contributed by atoms with E-state index in [1.54, 1.807) is 12.1 Å². The largest absolute Gasteiger partial charge is 0.409 e. The third-order valence-corrected chi connectivity index (χ3v) is 1.98. The number of nitrogens with two attached hydrogens (primary N) is 1. The van der Waals surface area contributed by atoms with Crippen LogP contribution >= 0.6 is 31.9 Å². The molecule has 0 aliphatic heterocycles. The lowest BCUT2D eigenvalue weighted by molar-refractivity contribution is 0.318. The van der Waals surface area contributed by atoms with Crippen molar-refractivity contribution < 1.29 is 5.21 Å². The van der Waals surface area contributed by atoms with Crippen LogP contribution < -0.4 is 5.73 Å². The molecule has 0 aliphatic carbocycles. The van der Waals surface area contributed by atoms with Crippen LogP contribution in [0.25, 0.3) is 0 Å². The summed E-state index contributed by atoms with van der Waals surface area (Å²) in [5.74, 6) is 0.0544. The summed E-state index contributed by atoms with van der Waals surface area (Å²) < 4.78 is 1.25. The van der Waals surface area contributed by atoms with Gasteiger partial charge >= 0.3 is 0 Å². The van der Waals surface area contributed by atoms with Crippen LogP contribution in [0.5, 0.6) is 0 Å². The molecule has 64 valence electrons. The zero-order valence-electron chi connectivity index (χ0n) is 5.83. The van der Waals surface area contributed by atoms with Gasteiger partial charge in [-0.3, -0.25) is 0 Å². The summed E-state index contributed by atoms with van der Waals surface area (Å²) in [6.45, 7) is 0. The molecule has 1 rings (SSSR count). The number of halogens is 2. The van der Waals surface area contributed by atoms with E-state index in [0.717, 1.165) is 0 Å². The molecule has 0 amide bonds. The number of nitrogens with zero attached hydrogens (tertiary/aromatic N) is 2. The fourth-order valence-corrected chi connectivity index (χ4v) is 1.78. The number of hydrogen-bond acceptors (Lipinski definition) is 3. The first-order chi connectivity index (χ1) is 5.63. The van der Waals surface area contributed by atoms with E-state index in [1.807, 2.05) is 0 Å². The van der Waals surface area contributed by atoms with E-state index in [0.29, 0.717) is 14.8 Å². The number of rotatable bonds is 1. The first kappa shape index (κ1) is 9.47. The average molecular weight is 295 g/mol. The molecule has 4 nitrogen and oxygen atoms in total. The fourth-order valence-electron chi connectivity index (χ4n) is 0.671. The van der Waals surface area contributed by atoms with E-state index in [-0.39, 0.29) is 5.84 Å². The van der Waals surface area contributed by atoms with Gasteiger partial charge in [-0.15, -0.1) is 0 Å². The zero-order chi connectivity index (χ0) is 9.14. The Balaban J connectivity index is 3.17. The quantitative estimate of drug-likeness (QED) is 0.272. The van der Waals surface area contributed by atoms with Crippen molar-refractivity contribution in [2.45, 2.75) is 0 Å². The van der Waals surface area contributed by atoms with Crippen molar-refractivity contribution in [3.8, 4) is 0 Å². The Labute approximate surface area is 85.7 Å². The first-order valence-corrected chi connectivity index (χ1v) is 4.53. The Hall–Kier alpha value is -0.620. The van der Waals surface area contributed by atoms with Crippen LogP contribution in [0.1, 0.15) is 5.56 Å². The molecule has 12 heavy (non-hydrogen) atoms. The second kappa shape index (κ2) is 3.86. The van der Waals surface area contributed by atoms with Crippen LogP contribution in [-0.4, -0.2) is 16.0 Å². The van der Waals surface area contributed by atoms with Gasteiger partial charge in [-0.05, 0) is 44.0 Å². The van der Waals surface area contributed by atoms with Gasteiger partial charge < -0.3 is 10.9 Å². The smallest absolute Gasteiger partial charge is 0.170 e.